The van der Waals surface area contributed by atoms with E-state index in [-0.39, 0.29) is 5.41 Å². The molecule has 0 bridgehead atoms. The van der Waals surface area contributed by atoms with Gasteiger partial charge in [-0.2, -0.15) is 0 Å². The number of hydrogen-bond donors (Lipinski definition) is 0. The van der Waals surface area contributed by atoms with E-state index in [9.17, 15) is 0 Å². The number of benzene rings is 3. The Morgan fingerprint density at radius 2 is 1.77 bits per heavy atom. The first-order valence-electron chi connectivity index (χ1n) is 10.4. The number of fused-ring (bicyclic) bond motifs is 4. The number of nitrogens with zero attached hydrogens (tertiary/aromatic N) is 2. The van der Waals surface area contributed by atoms with Gasteiger partial charge in [-0.05, 0) is 57.8 Å². The van der Waals surface area contributed by atoms with Gasteiger partial charge in [0.25, 0.3) is 0 Å². The molecule has 0 aliphatic carbocycles. The van der Waals surface area contributed by atoms with Crippen molar-refractivity contribution in [1.29, 1.82) is 0 Å². The average Bonchev–Trinajstić information content (AvgIpc) is 3.09. The Morgan fingerprint density at radius 3 is 2.55 bits per heavy atom. The highest BCUT2D eigenvalue weighted by atomic mass is 32.2. The third-order valence-electron chi connectivity index (χ3n) is 5.46. The zero-order valence-corrected chi connectivity index (χ0v) is 19.8. The lowest BCUT2D eigenvalue weighted by molar-refractivity contribution is 0.596. The smallest absolute Gasteiger partial charge is 0.116 e. The van der Waals surface area contributed by atoms with Gasteiger partial charge in [-0.25, -0.2) is 9.97 Å². The van der Waals surface area contributed by atoms with E-state index in [1.165, 1.54) is 31.3 Å². The summed E-state index contributed by atoms with van der Waals surface area (Å²) < 4.78 is 2.38. The molecular weight excluding hydrogens is 416 g/mol. The van der Waals surface area contributed by atoms with Crippen molar-refractivity contribution in [2.75, 3.05) is 0 Å². The first kappa shape index (κ1) is 20.2. The third-order valence-corrected chi connectivity index (χ3v) is 7.45. The standard InChI is InChI=1S/C27H24N2S2/c1-16(2)30-19-10-11-21-23(14-19)31-26-24(28-15-29-25(21)26)18-12-17-8-6-7-9-20(17)22(13-18)27(3,4)5/h6-15H,1H2,2-5H3. The average molecular weight is 441 g/mol. The molecule has 5 rings (SSSR count). The summed E-state index contributed by atoms with van der Waals surface area (Å²) in [7, 11) is 0. The molecule has 0 unspecified atom stereocenters. The lowest BCUT2D eigenvalue weighted by Gasteiger charge is -2.22. The van der Waals surface area contributed by atoms with E-state index in [4.69, 9.17) is 4.98 Å². The van der Waals surface area contributed by atoms with Gasteiger partial charge in [0.2, 0.25) is 0 Å². The van der Waals surface area contributed by atoms with Crippen molar-refractivity contribution in [3.8, 4) is 11.3 Å². The molecular formula is C27H24N2S2. The number of allylic oxidation sites excluding steroid dienone is 1. The van der Waals surface area contributed by atoms with Gasteiger partial charge in [-0.15, -0.1) is 11.3 Å². The Labute approximate surface area is 191 Å². The van der Waals surface area contributed by atoms with E-state index in [1.54, 1.807) is 29.4 Å². The van der Waals surface area contributed by atoms with E-state index >= 15 is 0 Å². The van der Waals surface area contributed by atoms with Crippen LogP contribution >= 0.6 is 23.1 Å². The Kier molecular flexibility index (Phi) is 4.87. The summed E-state index contributed by atoms with van der Waals surface area (Å²) in [6.45, 7) is 12.9. The molecule has 0 fully saturated rings. The third kappa shape index (κ3) is 3.64. The minimum atomic E-state index is 0.0383. The van der Waals surface area contributed by atoms with Crippen LogP contribution in [0.3, 0.4) is 0 Å². The molecule has 4 heteroatoms. The second-order valence-electron chi connectivity index (χ2n) is 8.96. The first-order chi connectivity index (χ1) is 14.8. The predicted octanol–water partition coefficient (Wildman–Crippen LogP) is 8.59. The van der Waals surface area contributed by atoms with E-state index in [2.05, 4.69) is 86.9 Å². The molecule has 3 aromatic carbocycles. The van der Waals surface area contributed by atoms with Gasteiger partial charge in [0, 0.05) is 20.5 Å². The predicted molar refractivity (Wildman–Crippen MR) is 137 cm³/mol. The number of aromatic nitrogens is 2. The number of thiophene rings is 1. The zero-order chi connectivity index (χ0) is 21.8. The van der Waals surface area contributed by atoms with Crippen LogP contribution in [0.25, 0.3) is 42.3 Å². The Bertz CT molecular complexity index is 1470. The normalized spacial score (nSPS) is 12.1. The van der Waals surface area contributed by atoms with Crippen LogP contribution in [0.5, 0.6) is 0 Å². The first-order valence-corrected chi connectivity index (χ1v) is 12.0. The van der Waals surface area contributed by atoms with Gasteiger partial charge < -0.3 is 0 Å². The van der Waals surface area contributed by atoms with Crippen LogP contribution in [0, 0.1) is 0 Å². The molecule has 0 N–H and O–H groups in total. The fourth-order valence-corrected chi connectivity index (χ4v) is 6.09. The van der Waals surface area contributed by atoms with Crippen molar-refractivity contribution in [2.45, 2.75) is 38.0 Å². The van der Waals surface area contributed by atoms with Crippen molar-refractivity contribution in [3.05, 3.63) is 78.0 Å². The molecule has 0 atom stereocenters. The van der Waals surface area contributed by atoms with Crippen LogP contribution < -0.4 is 0 Å². The summed E-state index contributed by atoms with van der Waals surface area (Å²) in [5.74, 6) is 0. The fraction of sp³-hybridized carbons (Fsp3) is 0.185. The Morgan fingerprint density at radius 1 is 0.968 bits per heavy atom. The topological polar surface area (TPSA) is 25.8 Å². The molecule has 0 aliphatic heterocycles. The van der Waals surface area contributed by atoms with Gasteiger partial charge >= 0.3 is 0 Å². The van der Waals surface area contributed by atoms with Gasteiger partial charge in [0.1, 0.15) is 6.33 Å². The van der Waals surface area contributed by atoms with Crippen LogP contribution in [0.1, 0.15) is 33.3 Å². The number of rotatable bonds is 3. The largest absolute Gasteiger partial charge is 0.235 e. The molecule has 0 spiro atoms. The van der Waals surface area contributed by atoms with Crippen molar-refractivity contribution >= 4 is 54.2 Å². The summed E-state index contributed by atoms with van der Waals surface area (Å²) in [6.07, 6.45) is 1.70. The van der Waals surface area contributed by atoms with Gasteiger partial charge in [0.15, 0.2) is 0 Å². The highest BCUT2D eigenvalue weighted by Gasteiger charge is 2.20. The maximum atomic E-state index is 4.75. The highest BCUT2D eigenvalue weighted by Crippen LogP contribution is 2.41. The van der Waals surface area contributed by atoms with E-state index in [1.807, 2.05) is 6.92 Å². The molecule has 2 heterocycles. The van der Waals surface area contributed by atoms with E-state index < -0.39 is 0 Å². The van der Waals surface area contributed by atoms with Crippen molar-refractivity contribution in [2.24, 2.45) is 0 Å². The summed E-state index contributed by atoms with van der Waals surface area (Å²) in [4.78, 5) is 11.7. The van der Waals surface area contributed by atoms with Gasteiger partial charge in [-0.1, -0.05) is 69.4 Å². The maximum Gasteiger partial charge on any atom is 0.116 e. The van der Waals surface area contributed by atoms with Crippen molar-refractivity contribution < 1.29 is 0 Å². The summed E-state index contributed by atoms with van der Waals surface area (Å²) in [5, 5.41) is 3.74. The molecule has 0 saturated heterocycles. The molecule has 0 radical (unpaired) electrons. The lowest BCUT2D eigenvalue weighted by atomic mass is 9.82. The van der Waals surface area contributed by atoms with Crippen LogP contribution in [-0.4, -0.2) is 9.97 Å². The minimum absolute atomic E-state index is 0.0383. The van der Waals surface area contributed by atoms with Gasteiger partial charge in [0.05, 0.1) is 15.9 Å². The Hall–Kier alpha value is -2.69. The molecule has 0 aliphatic rings. The van der Waals surface area contributed by atoms with Crippen molar-refractivity contribution in [3.63, 3.8) is 0 Å². The van der Waals surface area contributed by atoms with Gasteiger partial charge in [-0.3, -0.25) is 0 Å². The van der Waals surface area contributed by atoms with E-state index in [0.717, 1.165) is 26.4 Å². The molecule has 31 heavy (non-hydrogen) atoms. The quantitative estimate of drug-likeness (QED) is 0.263. The molecule has 5 aromatic rings. The van der Waals surface area contributed by atoms with E-state index in [0.29, 0.717) is 0 Å². The summed E-state index contributed by atoms with van der Waals surface area (Å²) in [6, 6.07) is 19.8. The van der Waals surface area contributed by atoms with Crippen LogP contribution in [0.4, 0.5) is 0 Å². The highest BCUT2D eigenvalue weighted by molar-refractivity contribution is 8.03. The zero-order valence-electron chi connectivity index (χ0n) is 18.2. The second kappa shape index (κ2) is 7.47. The summed E-state index contributed by atoms with van der Waals surface area (Å²) >= 11 is 3.48. The Balaban J connectivity index is 1.77. The minimum Gasteiger partial charge on any atom is -0.235 e. The van der Waals surface area contributed by atoms with Crippen molar-refractivity contribution in [1.82, 2.24) is 9.97 Å². The molecule has 154 valence electrons. The van der Waals surface area contributed by atoms with Crippen LogP contribution in [0.2, 0.25) is 0 Å². The number of thioether (sulfide) groups is 1. The monoisotopic (exact) mass is 440 g/mol. The number of hydrogen-bond acceptors (Lipinski definition) is 4. The van der Waals surface area contributed by atoms with Crippen LogP contribution in [0.15, 0.2) is 77.3 Å². The molecule has 0 amide bonds. The lowest BCUT2D eigenvalue weighted by Crippen LogP contribution is -2.12. The van der Waals surface area contributed by atoms with Crippen LogP contribution in [-0.2, 0) is 5.41 Å². The molecule has 2 aromatic heterocycles. The second-order valence-corrected chi connectivity index (χ2v) is 11.4. The summed E-state index contributed by atoms with van der Waals surface area (Å²) in [5.41, 5.74) is 4.57. The maximum absolute atomic E-state index is 4.75. The SMILES string of the molecule is C=C(C)Sc1ccc2c(c1)sc1c(-c3cc(C(C)(C)C)c4ccccc4c3)ncnc12. The fourth-order valence-electron chi connectivity index (χ4n) is 4.09. The molecule has 2 nitrogen and oxygen atoms in total. The molecule has 0 saturated carbocycles.